The van der Waals surface area contributed by atoms with Crippen LogP contribution in [0.25, 0.3) is 33.0 Å². The Hall–Kier alpha value is -2.82. The zero-order chi connectivity index (χ0) is 18.6. The van der Waals surface area contributed by atoms with Crippen molar-refractivity contribution in [3.63, 3.8) is 0 Å². The van der Waals surface area contributed by atoms with E-state index in [2.05, 4.69) is 77.9 Å². The average Bonchev–Trinajstić information content (AvgIpc) is 3.19. The lowest BCUT2D eigenvalue weighted by Crippen LogP contribution is -2.10. The molecule has 3 nitrogen and oxygen atoms in total. The van der Waals surface area contributed by atoms with Crippen molar-refractivity contribution < 1.29 is 0 Å². The molecule has 4 rings (SSSR count). The molecule has 0 saturated carbocycles. The van der Waals surface area contributed by atoms with Gasteiger partial charge in [0, 0.05) is 35.4 Å². The van der Waals surface area contributed by atoms with Crippen molar-refractivity contribution in [1.29, 1.82) is 0 Å². The van der Waals surface area contributed by atoms with E-state index < -0.39 is 0 Å². The minimum absolute atomic E-state index is 0.946. The van der Waals surface area contributed by atoms with Crippen molar-refractivity contribution in [2.75, 3.05) is 14.1 Å². The quantitative estimate of drug-likeness (QED) is 0.457. The molecule has 4 aromatic rings. The predicted octanol–water partition coefficient (Wildman–Crippen LogP) is 5.60. The number of hydrogen-bond acceptors (Lipinski definition) is 4. The van der Waals surface area contributed by atoms with Crippen LogP contribution in [0.15, 0.2) is 78.4 Å². The van der Waals surface area contributed by atoms with Gasteiger partial charge in [-0.1, -0.05) is 42.5 Å². The number of rotatable bonds is 5. The fourth-order valence-corrected chi connectivity index (χ4v) is 3.90. The van der Waals surface area contributed by atoms with E-state index in [0.29, 0.717) is 0 Å². The Balaban J connectivity index is 1.57. The molecule has 0 bridgehead atoms. The summed E-state index contributed by atoms with van der Waals surface area (Å²) in [5, 5.41) is 3.10. The van der Waals surface area contributed by atoms with Crippen molar-refractivity contribution in [2.24, 2.45) is 0 Å². The fourth-order valence-electron chi connectivity index (χ4n) is 3.08. The smallest absolute Gasteiger partial charge is 0.125 e. The average molecular weight is 372 g/mol. The van der Waals surface area contributed by atoms with Crippen molar-refractivity contribution in [2.45, 2.75) is 6.54 Å². The second-order valence-corrected chi connectivity index (χ2v) is 7.65. The molecular weight excluding hydrogens is 350 g/mol. The fraction of sp³-hybridized carbons (Fsp3) is 0.130. The van der Waals surface area contributed by atoms with Gasteiger partial charge in [-0.2, -0.15) is 0 Å². The summed E-state index contributed by atoms with van der Waals surface area (Å²) in [6.45, 7) is 0.946. The molecule has 0 aliphatic heterocycles. The molecule has 0 spiro atoms. The van der Waals surface area contributed by atoms with Crippen LogP contribution in [0, 0.1) is 0 Å². The molecular formula is C23H21N3S. The normalized spacial score (nSPS) is 11.1. The molecule has 2 aromatic carbocycles. The van der Waals surface area contributed by atoms with Crippen LogP contribution in [-0.4, -0.2) is 29.0 Å². The Bertz CT molecular complexity index is 1020. The summed E-state index contributed by atoms with van der Waals surface area (Å²) in [4.78, 5) is 11.1. The van der Waals surface area contributed by atoms with Crippen molar-refractivity contribution in [3.05, 3.63) is 84.0 Å². The summed E-state index contributed by atoms with van der Waals surface area (Å²) < 4.78 is 0. The lowest BCUT2D eigenvalue weighted by atomic mass is 10.0. The van der Waals surface area contributed by atoms with E-state index in [9.17, 15) is 0 Å². The summed E-state index contributed by atoms with van der Waals surface area (Å²) >= 11 is 1.65. The Labute approximate surface area is 164 Å². The molecule has 0 radical (unpaired) electrons. The van der Waals surface area contributed by atoms with Gasteiger partial charge in [0.05, 0.1) is 5.69 Å². The maximum absolute atomic E-state index is 4.77. The van der Waals surface area contributed by atoms with Gasteiger partial charge < -0.3 is 4.90 Å². The second-order valence-electron chi connectivity index (χ2n) is 6.80. The molecule has 134 valence electrons. The summed E-state index contributed by atoms with van der Waals surface area (Å²) in [5.74, 6) is 0. The van der Waals surface area contributed by atoms with Crippen LogP contribution in [0.3, 0.4) is 0 Å². The zero-order valence-electron chi connectivity index (χ0n) is 15.5. The first-order chi connectivity index (χ1) is 13.2. The monoisotopic (exact) mass is 371 g/mol. The van der Waals surface area contributed by atoms with E-state index >= 15 is 0 Å². The minimum Gasteiger partial charge on any atom is -0.305 e. The van der Waals surface area contributed by atoms with Crippen LogP contribution in [0.1, 0.15) is 5.56 Å². The first kappa shape index (κ1) is 17.6. The van der Waals surface area contributed by atoms with Crippen LogP contribution in [-0.2, 0) is 6.54 Å². The van der Waals surface area contributed by atoms with Crippen molar-refractivity contribution in [1.82, 2.24) is 14.9 Å². The van der Waals surface area contributed by atoms with Gasteiger partial charge in [0.15, 0.2) is 0 Å². The highest BCUT2D eigenvalue weighted by Gasteiger charge is 2.07. The van der Waals surface area contributed by atoms with Crippen molar-refractivity contribution in [3.8, 4) is 33.0 Å². The van der Waals surface area contributed by atoms with Crippen LogP contribution in [0.2, 0.25) is 0 Å². The molecule has 0 unspecified atom stereocenters. The lowest BCUT2D eigenvalue weighted by Gasteiger charge is -2.11. The topological polar surface area (TPSA) is 29.0 Å². The first-order valence-corrected chi connectivity index (χ1v) is 9.77. The zero-order valence-corrected chi connectivity index (χ0v) is 16.3. The molecule has 0 amide bonds. The third-order valence-corrected chi connectivity index (χ3v) is 5.24. The Morgan fingerprint density at radius 1 is 0.852 bits per heavy atom. The molecule has 4 heteroatoms. The number of aromatic nitrogens is 2. The number of nitrogens with zero attached hydrogens (tertiary/aromatic N) is 3. The van der Waals surface area contributed by atoms with Crippen LogP contribution >= 0.6 is 11.3 Å². The SMILES string of the molecule is CN(C)Cc1cccc(-c2ccc(-c3csc(-c4cccnc4)n3)cc2)c1. The van der Waals surface area contributed by atoms with E-state index in [1.165, 1.54) is 16.7 Å². The minimum atomic E-state index is 0.946. The Morgan fingerprint density at radius 3 is 2.37 bits per heavy atom. The van der Waals surface area contributed by atoms with E-state index in [1.807, 2.05) is 18.3 Å². The van der Waals surface area contributed by atoms with Crippen LogP contribution < -0.4 is 0 Å². The molecule has 0 aliphatic carbocycles. The summed E-state index contributed by atoms with van der Waals surface area (Å²) in [6, 6.07) is 21.4. The van der Waals surface area contributed by atoms with E-state index in [4.69, 9.17) is 4.98 Å². The molecule has 0 N–H and O–H groups in total. The van der Waals surface area contributed by atoms with E-state index in [0.717, 1.165) is 28.4 Å². The van der Waals surface area contributed by atoms with Gasteiger partial charge in [0.25, 0.3) is 0 Å². The van der Waals surface area contributed by atoms with Crippen LogP contribution in [0.5, 0.6) is 0 Å². The predicted molar refractivity (Wildman–Crippen MR) is 114 cm³/mol. The standard InChI is InChI=1S/C23H21N3S/c1-26(2)15-17-5-3-6-20(13-17)18-8-10-19(11-9-18)22-16-27-23(25-22)21-7-4-12-24-14-21/h3-14,16H,15H2,1-2H3. The van der Waals surface area contributed by atoms with Gasteiger partial charge in [-0.15, -0.1) is 11.3 Å². The third-order valence-electron chi connectivity index (χ3n) is 4.35. The maximum Gasteiger partial charge on any atom is 0.125 e. The molecule has 0 aliphatic rings. The molecule has 0 saturated heterocycles. The highest BCUT2D eigenvalue weighted by atomic mass is 32.1. The molecule has 0 atom stereocenters. The van der Waals surface area contributed by atoms with Gasteiger partial charge >= 0.3 is 0 Å². The number of benzene rings is 2. The van der Waals surface area contributed by atoms with Gasteiger partial charge in [0.1, 0.15) is 5.01 Å². The molecule has 2 aromatic heterocycles. The highest BCUT2D eigenvalue weighted by Crippen LogP contribution is 2.30. The van der Waals surface area contributed by atoms with Crippen LogP contribution in [0.4, 0.5) is 0 Å². The number of thiazole rings is 1. The lowest BCUT2D eigenvalue weighted by molar-refractivity contribution is 0.402. The second kappa shape index (κ2) is 7.82. The Morgan fingerprint density at radius 2 is 1.63 bits per heavy atom. The first-order valence-electron chi connectivity index (χ1n) is 8.89. The molecule has 0 fully saturated rings. The van der Waals surface area contributed by atoms with E-state index in [1.54, 1.807) is 17.5 Å². The van der Waals surface area contributed by atoms with E-state index in [-0.39, 0.29) is 0 Å². The maximum atomic E-state index is 4.77. The highest BCUT2D eigenvalue weighted by molar-refractivity contribution is 7.13. The van der Waals surface area contributed by atoms with Gasteiger partial charge in [-0.05, 0) is 49.0 Å². The number of hydrogen-bond donors (Lipinski definition) is 0. The third kappa shape index (κ3) is 4.13. The van der Waals surface area contributed by atoms with Gasteiger partial charge in [0.2, 0.25) is 0 Å². The van der Waals surface area contributed by atoms with Crippen molar-refractivity contribution >= 4 is 11.3 Å². The van der Waals surface area contributed by atoms with Gasteiger partial charge in [-0.3, -0.25) is 4.98 Å². The molecule has 27 heavy (non-hydrogen) atoms. The Kier molecular flexibility index (Phi) is 5.10. The summed E-state index contributed by atoms with van der Waals surface area (Å²) in [7, 11) is 4.18. The number of pyridine rings is 1. The summed E-state index contributed by atoms with van der Waals surface area (Å²) in [6.07, 6.45) is 3.64. The largest absolute Gasteiger partial charge is 0.305 e. The summed E-state index contributed by atoms with van der Waals surface area (Å²) in [5.41, 5.74) is 6.99. The van der Waals surface area contributed by atoms with Gasteiger partial charge in [-0.25, -0.2) is 4.98 Å². The molecule has 2 heterocycles.